The lowest BCUT2D eigenvalue weighted by Gasteiger charge is -2.37. The van der Waals surface area contributed by atoms with Crippen molar-refractivity contribution in [3.8, 4) is 5.82 Å². The molecule has 1 saturated heterocycles. The van der Waals surface area contributed by atoms with E-state index < -0.39 is 0 Å². The van der Waals surface area contributed by atoms with E-state index in [1.54, 1.807) is 10.9 Å². The van der Waals surface area contributed by atoms with Crippen LogP contribution in [0.4, 0.5) is 5.82 Å². The van der Waals surface area contributed by atoms with Crippen LogP contribution in [-0.2, 0) is 4.79 Å². The number of nitrogens with zero attached hydrogens (tertiary/aromatic N) is 6. The number of carbonyl (C=O) groups is 1. The molecule has 0 N–H and O–H groups in total. The average Bonchev–Trinajstić information content (AvgIpc) is 3.23. The molecule has 0 bridgehead atoms. The van der Waals surface area contributed by atoms with E-state index in [1.807, 2.05) is 29.3 Å². The molecule has 3 heterocycles. The number of piperazine rings is 1. The molecule has 2 aliphatic rings. The fraction of sp³-hybridized carbons (Fsp3) is 0.556. The van der Waals surface area contributed by atoms with E-state index in [-0.39, 0.29) is 5.92 Å². The van der Waals surface area contributed by atoms with E-state index in [2.05, 4.69) is 20.2 Å². The molecule has 1 amide bonds. The van der Waals surface area contributed by atoms with Crippen molar-refractivity contribution in [2.75, 3.05) is 31.1 Å². The van der Waals surface area contributed by atoms with E-state index >= 15 is 0 Å². The predicted octanol–water partition coefficient (Wildman–Crippen LogP) is 1.89. The molecule has 0 radical (unpaired) electrons. The SMILES string of the molecule is O=C(C1CCCCC1)N1CCN(c2ccc(-n3cccn3)nn2)CC1. The Morgan fingerprint density at radius 2 is 1.68 bits per heavy atom. The molecular formula is C18H24N6O. The first-order valence-corrected chi connectivity index (χ1v) is 9.19. The Bertz CT molecular complexity index is 685. The zero-order chi connectivity index (χ0) is 17.1. The molecule has 0 atom stereocenters. The fourth-order valence-electron chi connectivity index (χ4n) is 3.78. The highest BCUT2D eigenvalue weighted by Crippen LogP contribution is 2.26. The lowest BCUT2D eigenvalue weighted by atomic mass is 9.88. The Labute approximate surface area is 147 Å². The quantitative estimate of drug-likeness (QED) is 0.853. The fourth-order valence-corrected chi connectivity index (χ4v) is 3.78. The second-order valence-electron chi connectivity index (χ2n) is 6.85. The smallest absolute Gasteiger partial charge is 0.225 e. The van der Waals surface area contributed by atoms with Crippen molar-refractivity contribution in [2.45, 2.75) is 32.1 Å². The minimum atomic E-state index is 0.258. The van der Waals surface area contributed by atoms with Gasteiger partial charge in [0.15, 0.2) is 11.6 Å². The topological polar surface area (TPSA) is 67.2 Å². The normalized spacial score (nSPS) is 19.2. The first kappa shape index (κ1) is 16.1. The maximum atomic E-state index is 12.6. The summed E-state index contributed by atoms with van der Waals surface area (Å²) < 4.78 is 1.69. The average molecular weight is 340 g/mol. The first-order valence-electron chi connectivity index (χ1n) is 9.19. The van der Waals surface area contributed by atoms with Crippen molar-refractivity contribution in [1.82, 2.24) is 24.9 Å². The van der Waals surface area contributed by atoms with Crippen molar-refractivity contribution in [1.29, 1.82) is 0 Å². The summed E-state index contributed by atoms with van der Waals surface area (Å²) in [4.78, 5) is 16.9. The Morgan fingerprint density at radius 3 is 2.32 bits per heavy atom. The number of rotatable bonds is 3. The predicted molar refractivity (Wildman–Crippen MR) is 94.5 cm³/mol. The third-order valence-corrected chi connectivity index (χ3v) is 5.25. The Balaban J connectivity index is 1.34. The van der Waals surface area contributed by atoms with Gasteiger partial charge in [0.2, 0.25) is 5.91 Å². The number of amides is 1. The van der Waals surface area contributed by atoms with Crippen LogP contribution in [0.5, 0.6) is 0 Å². The molecule has 2 aromatic heterocycles. The standard InChI is InChI=1S/C18H24N6O/c25-18(15-5-2-1-3-6-15)23-13-11-22(12-14-23)16-7-8-17(21-20-16)24-10-4-9-19-24/h4,7-10,15H,1-3,5-6,11-14H2. The molecule has 132 valence electrons. The van der Waals surface area contributed by atoms with Gasteiger partial charge < -0.3 is 9.80 Å². The molecular weight excluding hydrogens is 316 g/mol. The van der Waals surface area contributed by atoms with Crippen LogP contribution in [0.2, 0.25) is 0 Å². The summed E-state index contributed by atoms with van der Waals surface area (Å²) in [7, 11) is 0. The molecule has 0 spiro atoms. The van der Waals surface area contributed by atoms with Crippen LogP contribution in [0.1, 0.15) is 32.1 Å². The zero-order valence-corrected chi connectivity index (χ0v) is 14.4. The highest BCUT2D eigenvalue weighted by Gasteiger charge is 2.28. The minimum Gasteiger partial charge on any atom is -0.352 e. The van der Waals surface area contributed by atoms with Gasteiger partial charge in [-0.05, 0) is 31.0 Å². The molecule has 7 heteroatoms. The Hall–Kier alpha value is -2.44. The third-order valence-electron chi connectivity index (χ3n) is 5.25. The van der Waals surface area contributed by atoms with Gasteiger partial charge in [0.1, 0.15) is 0 Å². The van der Waals surface area contributed by atoms with E-state index in [0.29, 0.717) is 11.7 Å². The van der Waals surface area contributed by atoms with Crippen molar-refractivity contribution >= 4 is 11.7 Å². The molecule has 2 fully saturated rings. The monoisotopic (exact) mass is 340 g/mol. The van der Waals surface area contributed by atoms with E-state index in [1.165, 1.54) is 19.3 Å². The van der Waals surface area contributed by atoms with Gasteiger partial charge in [0.25, 0.3) is 0 Å². The van der Waals surface area contributed by atoms with Gasteiger partial charge in [-0.3, -0.25) is 4.79 Å². The molecule has 2 aromatic rings. The van der Waals surface area contributed by atoms with Crippen LogP contribution in [0.15, 0.2) is 30.6 Å². The highest BCUT2D eigenvalue weighted by atomic mass is 16.2. The third kappa shape index (κ3) is 3.50. The lowest BCUT2D eigenvalue weighted by Crippen LogP contribution is -2.50. The molecule has 0 aromatic carbocycles. The van der Waals surface area contributed by atoms with E-state index in [4.69, 9.17) is 0 Å². The Kier molecular flexibility index (Phi) is 4.63. The van der Waals surface area contributed by atoms with Gasteiger partial charge in [-0.1, -0.05) is 19.3 Å². The van der Waals surface area contributed by atoms with Crippen LogP contribution in [0, 0.1) is 5.92 Å². The molecule has 25 heavy (non-hydrogen) atoms. The largest absolute Gasteiger partial charge is 0.352 e. The van der Waals surface area contributed by atoms with Crippen molar-refractivity contribution < 1.29 is 4.79 Å². The summed E-state index contributed by atoms with van der Waals surface area (Å²) in [6.07, 6.45) is 9.39. The zero-order valence-electron chi connectivity index (χ0n) is 14.4. The van der Waals surface area contributed by atoms with Crippen molar-refractivity contribution in [3.63, 3.8) is 0 Å². The van der Waals surface area contributed by atoms with Gasteiger partial charge in [-0.15, -0.1) is 10.2 Å². The number of carbonyl (C=O) groups excluding carboxylic acids is 1. The van der Waals surface area contributed by atoms with E-state index in [0.717, 1.165) is 44.8 Å². The molecule has 1 saturated carbocycles. The maximum Gasteiger partial charge on any atom is 0.225 e. The van der Waals surface area contributed by atoms with Gasteiger partial charge >= 0.3 is 0 Å². The van der Waals surface area contributed by atoms with Crippen LogP contribution in [-0.4, -0.2) is 57.0 Å². The maximum absolute atomic E-state index is 12.6. The van der Waals surface area contributed by atoms with Crippen molar-refractivity contribution in [3.05, 3.63) is 30.6 Å². The molecule has 7 nitrogen and oxygen atoms in total. The van der Waals surface area contributed by atoms with E-state index in [9.17, 15) is 4.79 Å². The number of hydrogen-bond acceptors (Lipinski definition) is 5. The molecule has 1 aliphatic heterocycles. The van der Waals surface area contributed by atoms with Crippen LogP contribution < -0.4 is 4.90 Å². The summed E-state index contributed by atoms with van der Waals surface area (Å²) in [5.41, 5.74) is 0. The van der Waals surface area contributed by atoms with Crippen LogP contribution >= 0.6 is 0 Å². The molecule has 0 unspecified atom stereocenters. The summed E-state index contributed by atoms with van der Waals surface area (Å²) in [5, 5.41) is 12.7. The lowest BCUT2D eigenvalue weighted by molar-refractivity contribution is -0.136. The van der Waals surface area contributed by atoms with Crippen LogP contribution in [0.3, 0.4) is 0 Å². The number of aromatic nitrogens is 4. The molecule has 4 rings (SSSR count). The number of anilines is 1. The number of hydrogen-bond donors (Lipinski definition) is 0. The van der Waals surface area contributed by atoms with Gasteiger partial charge in [-0.25, -0.2) is 4.68 Å². The van der Waals surface area contributed by atoms with Gasteiger partial charge in [0, 0.05) is 44.5 Å². The highest BCUT2D eigenvalue weighted by molar-refractivity contribution is 5.79. The van der Waals surface area contributed by atoms with Gasteiger partial charge in [-0.2, -0.15) is 5.10 Å². The van der Waals surface area contributed by atoms with Crippen molar-refractivity contribution in [2.24, 2.45) is 5.92 Å². The summed E-state index contributed by atoms with van der Waals surface area (Å²) >= 11 is 0. The first-order chi connectivity index (χ1) is 12.3. The summed E-state index contributed by atoms with van der Waals surface area (Å²) in [6, 6.07) is 5.76. The summed E-state index contributed by atoms with van der Waals surface area (Å²) in [6.45, 7) is 3.18. The van der Waals surface area contributed by atoms with Crippen LogP contribution in [0.25, 0.3) is 5.82 Å². The molecule has 1 aliphatic carbocycles. The Morgan fingerprint density at radius 1 is 0.960 bits per heavy atom. The minimum absolute atomic E-state index is 0.258. The summed E-state index contributed by atoms with van der Waals surface area (Å²) in [5.74, 6) is 2.19. The second-order valence-corrected chi connectivity index (χ2v) is 6.85. The second kappa shape index (κ2) is 7.21. The van der Waals surface area contributed by atoms with Gasteiger partial charge in [0.05, 0.1) is 0 Å².